The first-order chi connectivity index (χ1) is 7.34. The van der Waals surface area contributed by atoms with E-state index in [4.69, 9.17) is 7.85 Å². The minimum absolute atomic E-state index is 0. The van der Waals surface area contributed by atoms with Gasteiger partial charge in [0.1, 0.15) is 0 Å². The molecule has 2 aromatic carbocycles. The molecule has 0 atom stereocenters. The van der Waals surface area contributed by atoms with Crippen LogP contribution in [0.3, 0.4) is 0 Å². The van der Waals surface area contributed by atoms with Crippen LogP contribution in [-0.4, -0.2) is 18.8 Å². The fourth-order valence-corrected chi connectivity index (χ4v) is 2.17. The second-order valence-electron chi connectivity index (χ2n) is 3.34. The zero-order valence-electron chi connectivity index (χ0n) is 9.28. The molecule has 0 aliphatic heterocycles. The molecular formula is C13H13BO2S. The van der Waals surface area contributed by atoms with Crippen molar-refractivity contribution in [2.24, 2.45) is 0 Å². The molecule has 0 saturated carbocycles. The van der Waals surface area contributed by atoms with E-state index in [1.54, 1.807) is 0 Å². The van der Waals surface area contributed by atoms with Crippen LogP contribution >= 0.6 is 11.8 Å². The van der Waals surface area contributed by atoms with Crippen molar-refractivity contribution >= 4 is 25.1 Å². The summed E-state index contributed by atoms with van der Waals surface area (Å²) in [7, 11) is 5.63. The number of hydrogen-bond acceptors (Lipinski definition) is 3. The predicted molar refractivity (Wildman–Crippen MR) is 71.7 cm³/mol. The Balaban J connectivity index is 0.00000128. The van der Waals surface area contributed by atoms with E-state index >= 15 is 0 Å². The zero-order chi connectivity index (χ0) is 10.5. The van der Waals surface area contributed by atoms with E-state index in [0.717, 1.165) is 11.2 Å². The Morgan fingerprint density at radius 1 is 0.824 bits per heavy atom. The molecule has 0 saturated heterocycles. The second-order valence-corrected chi connectivity index (χ2v) is 4.39. The quantitative estimate of drug-likeness (QED) is 0.615. The van der Waals surface area contributed by atoms with Crippen molar-refractivity contribution in [3.63, 3.8) is 0 Å². The van der Waals surface area contributed by atoms with Crippen LogP contribution in [0.15, 0.2) is 59.5 Å². The van der Waals surface area contributed by atoms with Gasteiger partial charge in [-0.2, -0.15) is 0 Å². The van der Waals surface area contributed by atoms with Gasteiger partial charge < -0.3 is 11.0 Å². The molecule has 17 heavy (non-hydrogen) atoms. The largest absolute Gasteiger partial charge is 0.870 e. The Hall–Kier alpha value is -1.23. The van der Waals surface area contributed by atoms with Gasteiger partial charge in [0, 0.05) is 0 Å². The van der Waals surface area contributed by atoms with Crippen LogP contribution in [0.1, 0.15) is 5.56 Å². The van der Waals surface area contributed by atoms with Gasteiger partial charge in [-0.25, -0.2) is 0 Å². The van der Waals surface area contributed by atoms with E-state index in [2.05, 4.69) is 36.4 Å². The third-order valence-electron chi connectivity index (χ3n) is 2.13. The van der Waals surface area contributed by atoms with E-state index < -0.39 is 0 Å². The van der Waals surface area contributed by atoms with Crippen LogP contribution in [0.5, 0.6) is 0 Å². The van der Waals surface area contributed by atoms with Crippen LogP contribution in [0, 0.1) is 0 Å². The summed E-state index contributed by atoms with van der Waals surface area (Å²) in [6, 6.07) is 18.5. The molecule has 0 unspecified atom stereocenters. The SMILES string of the molecule is [B+2]c1ccc(CSc2ccccc2)cc1.[OH-].[OH-]. The molecule has 4 heteroatoms. The smallest absolute Gasteiger partial charge is 0.870 e. The first-order valence-corrected chi connectivity index (χ1v) is 5.85. The van der Waals surface area contributed by atoms with Gasteiger partial charge in [-0.05, 0) is 0 Å². The Morgan fingerprint density at radius 3 is 2.00 bits per heavy atom. The maximum Gasteiger partial charge on any atom is -0.870 e. The third kappa shape index (κ3) is 5.09. The number of thioether (sulfide) groups is 1. The molecule has 0 aliphatic rings. The summed E-state index contributed by atoms with van der Waals surface area (Å²) < 4.78 is 0. The van der Waals surface area contributed by atoms with Crippen LogP contribution in [-0.2, 0) is 5.75 Å². The Bertz CT molecular complexity index is 417. The van der Waals surface area contributed by atoms with Crippen molar-refractivity contribution < 1.29 is 11.0 Å². The molecule has 86 valence electrons. The molecule has 2 nitrogen and oxygen atoms in total. The fraction of sp³-hybridized carbons (Fsp3) is 0.0769. The molecule has 0 radical (unpaired) electrons. The Morgan fingerprint density at radius 2 is 1.41 bits per heavy atom. The maximum absolute atomic E-state index is 5.63. The molecule has 2 rings (SSSR count). The summed E-state index contributed by atoms with van der Waals surface area (Å²) in [6.07, 6.45) is 0. The van der Waals surface area contributed by atoms with Crippen LogP contribution < -0.4 is 5.46 Å². The van der Waals surface area contributed by atoms with E-state index in [1.807, 2.05) is 30.0 Å². The molecule has 0 spiro atoms. The molecule has 0 bridgehead atoms. The average Bonchev–Trinajstić information content (AvgIpc) is 2.30. The van der Waals surface area contributed by atoms with E-state index in [1.165, 1.54) is 10.5 Å². The van der Waals surface area contributed by atoms with Crippen molar-refractivity contribution in [3.8, 4) is 0 Å². The number of benzene rings is 2. The van der Waals surface area contributed by atoms with E-state index in [0.29, 0.717) is 0 Å². The summed E-state index contributed by atoms with van der Waals surface area (Å²) in [5, 5.41) is 0. The van der Waals surface area contributed by atoms with Gasteiger partial charge in [-0.15, -0.1) is 0 Å². The monoisotopic (exact) mass is 244 g/mol. The Labute approximate surface area is 107 Å². The minimum atomic E-state index is 0. The number of hydrogen-bond donors (Lipinski definition) is 0. The molecule has 0 fully saturated rings. The second kappa shape index (κ2) is 7.95. The first-order valence-electron chi connectivity index (χ1n) is 4.87. The third-order valence-corrected chi connectivity index (χ3v) is 3.21. The van der Waals surface area contributed by atoms with Crippen molar-refractivity contribution in [2.45, 2.75) is 10.6 Å². The minimum Gasteiger partial charge on any atom is -0.870 e. The molecule has 0 heterocycles. The van der Waals surface area contributed by atoms with Crippen LogP contribution in [0.2, 0.25) is 0 Å². The topological polar surface area (TPSA) is 60.0 Å². The van der Waals surface area contributed by atoms with Crippen LogP contribution in [0.25, 0.3) is 0 Å². The zero-order valence-corrected chi connectivity index (χ0v) is 10.1. The van der Waals surface area contributed by atoms with Crippen molar-refractivity contribution in [1.29, 1.82) is 0 Å². The summed E-state index contributed by atoms with van der Waals surface area (Å²) in [4.78, 5) is 1.30. The van der Waals surface area contributed by atoms with Crippen molar-refractivity contribution in [1.82, 2.24) is 0 Å². The summed E-state index contributed by atoms with van der Waals surface area (Å²) in [5.74, 6) is 0.990. The number of rotatable bonds is 3. The molecule has 0 aliphatic carbocycles. The van der Waals surface area contributed by atoms with Gasteiger partial charge in [-0.3, -0.25) is 0 Å². The summed E-state index contributed by atoms with van der Waals surface area (Å²) in [5.41, 5.74) is 2.13. The van der Waals surface area contributed by atoms with Gasteiger partial charge in [0.2, 0.25) is 0 Å². The van der Waals surface area contributed by atoms with Gasteiger partial charge in [0.15, 0.2) is 0 Å². The molecule has 2 aromatic rings. The molecule has 0 aromatic heterocycles. The summed E-state index contributed by atoms with van der Waals surface area (Å²) >= 11 is 1.84. The summed E-state index contributed by atoms with van der Waals surface area (Å²) in [6.45, 7) is 0. The maximum atomic E-state index is 5.63. The predicted octanol–water partition coefficient (Wildman–Crippen LogP) is 2.42. The van der Waals surface area contributed by atoms with Crippen LogP contribution in [0.4, 0.5) is 0 Å². The van der Waals surface area contributed by atoms with Gasteiger partial charge in [0.25, 0.3) is 0 Å². The van der Waals surface area contributed by atoms with Crippen molar-refractivity contribution in [2.75, 3.05) is 0 Å². The van der Waals surface area contributed by atoms with E-state index in [9.17, 15) is 0 Å². The first kappa shape index (κ1) is 15.8. The standard InChI is InChI=1S/C13H11BS.2H2O/c14-12-8-6-11(7-9-12)10-15-13-4-2-1-3-5-13;;/h1-9H,10H2;2*1H2/q+2;;/p-2. The molecule has 0 amide bonds. The molecular weight excluding hydrogens is 231 g/mol. The van der Waals surface area contributed by atoms with E-state index in [-0.39, 0.29) is 11.0 Å². The Kier molecular flexibility index (Phi) is 7.38. The van der Waals surface area contributed by atoms with Gasteiger partial charge in [-0.1, -0.05) is 0 Å². The van der Waals surface area contributed by atoms with Crippen molar-refractivity contribution in [3.05, 3.63) is 60.2 Å². The normalized spacial score (nSPS) is 9.06. The fourth-order valence-electron chi connectivity index (χ4n) is 1.30. The van der Waals surface area contributed by atoms with Gasteiger partial charge in [0.05, 0.1) is 0 Å². The van der Waals surface area contributed by atoms with Gasteiger partial charge >= 0.3 is 95.9 Å². The average molecular weight is 244 g/mol. The molecule has 2 N–H and O–H groups in total.